The molecular formula is C23H23N3O5S. The Labute approximate surface area is 186 Å². The van der Waals surface area contributed by atoms with Gasteiger partial charge in [-0.1, -0.05) is 6.07 Å². The van der Waals surface area contributed by atoms with E-state index in [1.165, 1.54) is 12.1 Å². The monoisotopic (exact) mass is 453 g/mol. The van der Waals surface area contributed by atoms with Crippen LogP contribution in [0.5, 0.6) is 0 Å². The van der Waals surface area contributed by atoms with Crippen LogP contribution in [0.2, 0.25) is 0 Å². The van der Waals surface area contributed by atoms with Gasteiger partial charge in [0.2, 0.25) is 21.8 Å². The fraction of sp³-hybridized carbons (Fsp3) is 0.348. The minimum Gasteiger partial charge on any atom is -0.322 e. The second-order valence-electron chi connectivity index (χ2n) is 8.44. The van der Waals surface area contributed by atoms with Gasteiger partial charge in [-0.25, -0.2) is 12.7 Å². The number of nitrogens with one attached hydrogen (secondary N) is 1. The number of carbonyl (C=O) groups excluding carboxylic acids is 3. The number of aryl methyl sites for hydroxylation is 1. The second-order valence-corrected chi connectivity index (χ2v) is 10.4. The van der Waals surface area contributed by atoms with Gasteiger partial charge in [0.05, 0.1) is 11.4 Å². The maximum absolute atomic E-state index is 12.8. The van der Waals surface area contributed by atoms with Crippen molar-refractivity contribution in [1.29, 1.82) is 0 Å². The average Bonchev–Trinajstić information content (AvgIpc) is 3.58. The zero-order chi connectivity index (χ0) is 22.5. The molecule has 0 aromatic heterocycles. The van der Waals surface area contributed by atoms with Crippen molar-refractivity contribution in [1.82, 2.24) is 0 Å². The molecule has 2 aromatic carbocycles. The van der Waals surface area contributed by atoms with E-state index >= 15 is 0 Å². The van der Waals surface area contributed by atoms with Crippen LogP contribution in [0.1, 0.15) is 41.6 Å². The van der Waals surface area contributed by atoms with Gasteiger partial charge in [-0.2, -0.15) is 0 Å². The molecule has 2 fully saturated rings. The third kappa shape index (κ3) is 3.77. The number of carbonyl (C=O) groups is 3. The maximum Gasteiger partial charge on any atom is 0.255 e. The van der Waals surface area contributed by atoms with Crippen molar-refractivity contribution in [2.45, 2.75) is 32.1 Å². The van der Waals surface area contributed by atoms with Crippen molar-refractivity contribution in [3.8, 4) is 0 Å². The highest BCUT2D eigenvalue weighted by Gasteiger charge is 2.37. The summed E-state index contributed by atoms with van der Waals surface area (Å²) in [4.78, 5) is 39.3. The minimum atomic E-state index is -3.70. The molecule has 3 amide bonds. The Kier molecular flexibility index (Phi) is 5.00. The molecule has 0 radical (unpaired) electrons. The number of fused-ring (bicyclic) bond motifs is 1. The standard InChI is InChI=1S/C23H23N3O5S/c27-21-10-12-32(30,31)26(21)19-5-1-3-17(14-19)22(28)24-18-8-9-20-16(13-18)4-2-11-25(20)23(29)15-6-7-15/h1,3,5,8-9,13-15H,2,4,6-7,10-12H2,(H,24,28). The lowest BCUT2D eigenvalue weighted by molar-refractivity contribution is -0.120. The van der Waals surface area contributed by atoms with Gasteiger partial charge in [0.1, 0.15) is 0 Å². The molecule has 1 aliphatic carbocycles. The number of nitrogens with zero attached hydrogens (tertiary/aromatic N) is 2. The number of anilines is 3. The summed E-state index contributed by atoms with van der Waals surface area (Å²) in [5, 5.41) is 2.84. The van der Waals surface area contributed by atoms with Crippen LogP contribution in [-0.4, -0.2) is 38.4 Å². The van der Waals surface area contributed by atoms with E-state index in [0.717, 1.165) is 47.8 Å². The van der Waals surface area contributed by atoms with Crippen molar-refractivity contribution in [3.63, 3.8) is 0 Å². The van der Waals surface area contributed by atoms with Gasteiger partial charge < -0.3 is 10.2 Å². The SMILES string of the molecule is O=C(Nc1ccc2c(c1)CCCN2C(=O)C1CC1)c1cccc(N2C(=O)CCS2(=O)=O)c1. The topological polar surface area (TPSA) is 104 Å². The quantitative estimate of drug-likeness (QED) is 0.767. The molecule has 5 rings (SSSR count). The molecule has 1 saturated carbocycles. The Hall–Kier alpha value is -3.20. The normalized spacial score (nSPS) is 19.6. The zero-order valence-electron chi connectivity index (χ0n) is 17.4. The number of benzene rings is 2. The molecule has 0 spiro atoms. The highest BCUT2D eigenvalue weighted by molar-refractivity contribution is 7.94. The Morgan fingerprint density at radius 1 is 1.03 bits per heavy atom. The molecule has 166 valence electrons. The summed E-state index contributed by atoms with van der Waals surface area (Å²) >= 11 is 0. The molecule has 8 nitrogen and oxygen atoms in total. The Balaban J connectivity index is 1.36. The first kappa shape index (κ1) is 20.7. The van der Waals surface area contributed by atoms with Gasteiger partial charge in [0.15, 0.2) is 0 Å². The van der Waals surface area contributed by atoms with Gasteiger partial charge in [0, 0.05) is 35.8 Å². The van der Waals surface area contributed by atoms with Crippen LogP contribution in [0.4, 0.5) is 17.1 Å². The summed E-state index contributed by atoms with van der Waals surface area (Å²) in [6.07, 6.45) is 3.57. The number of hydrogen-bond acceptors (Lipinski definition) is 5. The average molecular weight is 454 g/mol. The number of sulfonamides is 1. The van der Waals surface area contributed by atoms with Crippen LogP contribution >= 0.6 is 0 Å². The van der Waals surface area contributed by atoms with Crippen molar-refractivity contribution in [2.75, 3.05) is 26.8 Å². The summed E-state index contributed by atoms with van der Waals surface area (Å²) < 4.78 is 25.1. The summed E-state index contributed by atoms with van der Waals surface area (Å²) in [5.41, 5.74) is 2.95. The lowest BCUT2D eigenvalue weighted by Crippen LogP contribution is -2.36. The molecule has 0 unspecified atom stereocenters. The fourth-order valence-corrected chi connectivity index (χ4v) is 5.75. The summed E-state index contributed by atoms with van der Waals surface area (Å²) in [5.74, 6) is -0.789. The molecule has 1 N–H and O–H groups in total. The highest BCUT2D eigenvalue weighted by Crippen LogP contribution is 2.36. The predicted octanol–water partition coefficient (Wildman–Crippen LogP) is 2.69. The molecule has 2 heterocycles. The molecule has 1 saturated heterocycles. The summed E-state index contributed by atoms with van der Waals surface area (Å²) in [6, 6.07) is 11.6. The summed E-state index contributed by atoms with van der Waals surface area (Å²) in [7, 11) is -3.70. The molecule has 2 aliphatic heterocycles. The number of hydrogen-bond donors (Lipinski definition) is 1. The van der Waals surface area contributed by atoms with Gasteiger partial charge in [-0.3, -0.25) is 14.4 Å². The molecule has 3 aliphatic rings. The maximum atomic E-state index is 12.8. The van der Waals surface area contributed by atoms with Crippen molar-refractivity contribution in [2.24, 2.45) is 5.92 Å². The van der Waals surface area contributed by atoms with Crippen LogP contribution in [0.3, 0.4) is 0 Å². The van der Waals surface area contributed by atoms with E-state index in [-0.39, 0.29) is 35.2 Å². The molecule has 2 aromatic rings. The predicted molar refractivity (Wildman–Crippen MR) is 120 cm³/mol. The number of amides is 3. The van der Waals surface area contributed by atoms with E-state index in [9.17, 15) is 22.8 Å². The highest BCUT2D eigenvalue weighted by atomic mass is 32.2. The van der Waals surface area contributed by atoms with Crippen molar-refractivity contribution < 1.29 is 22.8 Å². The van der Waals surface area contributed by atoms with Crippen molar-refractivity contribution >= 4 is 44.8 Å². The first-order valence-electron chi connectivity index (χ1n) is 10.7. The van der Waals surface area contributed by atoms with Gasteiger partial charge in [-0.05, 0) is 67.6 Å². The third-order valence-electron chi connectivity index (χ3n) is 6.07. The van der Waals surface area contributed by atoms with Gasteiger partial charge >= 0.3 is 0 Å². The van der Waals surface area contributed by atoms with Crippen LogP contribution in [-0.2, 0) is 26.0 Å². The molecule has 0 bridgehead atoms. The molecule has 32 heavy (non-hydrogen) atoms. The first-order chi connectivity index (χ1) is 15.3. The minimum absolute atomic E-state index is 0.0614. The first-order valence-corrected chi connectivity index (χ1v) is 12.4. The fourth-order valence-electron chi connectivity index (χ4n) is 4.30. The van der Waals surface area contributed by atoms with Crippen LogP contribution in [0.25, 0.3) is 0 Å². The molecular weight excluding hydrogens is 430 g/mol. The Morgan fingerprint density at radius 3 is 2.56 bits per heavy atom. The van der Waals surface area contributed by atoms with E-state index in [4.69, 9.17) is 0 Å². The number of rotatable bonds is 4. The van der Waals surface area contributed by atoms with Crippen LogP contribution in [0, 0.1) is 5.92 Å². The largest absolute Gasteiger partial charge is 0.322 e. The van der Waals surface area contributed by atoms with E-state index in [2.05, 4.69) is 5.32 Å². The lowest BCUT2D eigenvalue weighted by atomic mass is 10.00. The molecule has 0 atom stereocenters. The van der Waals surface area contributed by atoms with Gasteiger partial charge in [-0.15, -0.1) is 0 Å². The van der Waals surface area contributed by atoms with E-state index in [1.807, 2.05) is 17.0 Å². The van der Waals surface area contributed by atoms with Gasteiger partial charge in [0.25, 0.3) is 5.91 Å². The Morgan fingerprint density at radius 2 is 1.84 bits per heavy atom. The van der Waals surface area contributed by atoms with E-state index < -0.39 is 21.8 Å². The second kappa shape index (κ2) is 7.74. The zero-order valence-corrected chi connectivity index (χ0v) is 18.2. The van der Waals surface area contributed by atoms with Crippen LogP contribution < -0.4 is 14.5 Å². The van der Waals surface area contributed by atoms with Crippen LogP contribution in [0.15, 0.2) is 42.5 Å². The van der Waals surface area contributed by atoms with E-state index in [0.29, 0.717) is 5.69 Å². The molecule has 9 heteroatoms. The Bertz CT molecular complexity index is 1240. The summed E-state index contributed by atoms with van der Waals surface area (Å²) in [6.45, 7) is 0.721. The lowest BCUT2D eigenvalue weighted by Gasteiger charge is -2.30. The van der Waals surface area contributed by atoms with Crippen molar-refractivity contribution in [3.05, 3.63) is 53.6 Å². The van der Waals surface area contributed by atoms with E-state index in [1.54, 1.807) is 18.2 Å². The third-order valence-corrected chi connectivity index (χ3v) is 7.76. The smallest absolute Gasteiger partial charge is 0.255 e.